The lowest BCUT2D eigenvalue weighted by atomic mass is 9.96. The Kier molecular flexibility index (Phi) is 6.60. The van der Waals surface area contributed by atoms with E-state index in [0.717, 1.165) is 16.7 Å². The maximum absolute atomic E-state index is 12.6. The quantitative estimate of drug-likeness (QED) is 0.759. The number of hydrogen-bond donors (Lipinski definition) is 1. The van der Waals surface area contributed by atoms with Gasteiger partial charge in [-0.1, -0.05) is 42.4 Å². The topological polar surface area (TPSA) is 60.9 Å². The van der Waals surface area contributed by atoms with E-state index in [1.165, 1.54) is 6.08 Å². The predicted molar refractivity (Wildman–Crippen MR) is 115 cm³/mol. The maximum Gasteiger partial charge on any atom is 0.246 e. The summed E-state index contributed by atoms with van der Waals surface area (Å²) in [6.45, 7) is 7.56. The van der Waals surface area contributed by atoms with Gasteiger partial charge in [-0.25, -0.2) is 0 Å². The Hall–Kier alpha value is -2.79. The van der Waals surface area contributed by atoms with Crippen LogP contribution < -0.4 is 0 Å². The van der Waals surface area contributed by atoms with Crippen LogP contribution in [0.5, 0.6) is 5.75 Å². The molecule has 3 rings (SSSR count). The number of carbonyl (C=O) groups excluding carboxylic acids is 2. The van der Waals surface area contributed by atoms with Crippen molar-refractivity contribution in [3.05, 3.63) is 65.2 Å². The van der Waals surface area contributed by atoms with Crippen molar-refractivity contribution in [2.24, 2.45) is 0 Å². The lowest BCUT2D eigenvalue weighted by Crippen LogP contribution is -2.50. The summed E-state index contributed by atoms with van der Waals surface area (Å²) in [4.78, 5) is 27.7. The van der Waals surface area contributed by atoms with Gasteiger partial charge < -0.3 is 14.9 Å². The standard InChI is InChI=1S/C23H25ClN2O3/c1-3-22(28)25-10-12-26(13-11-25)23(29)9-8-17-14-19(20(24)15-21(17)27)18-7-5-4-6-16(18)2/h3-7,14-15,27H,1,8-13H2,2H3. The molecule has 2 aromatic rings. The van der Waals surface area contributed by atoms with Gasteiger partial charge >= 0.3 is 0 Å². The molecule has 1 aliphatic heterocycles. The normalized spacial score (nSPS) is 14.0. The summed E-state index contributed by atoms with van der Waals surface area (Å²) in [7, 11) is 0. The monoisotopic (exact) mass is 412 g/mol. The van der Waals surface area contributed by atoms with Gasteiger partial charge in [0, 0.05) is 38.2 Å². The fourth-order valence-electron chi connectivity index (χ4n) is 3.59. The van der Waals surface area contributed by atoms with Crippen LogP contribution in [0.25, 0.3) is 11.1 Å². The van der Waals surface area contributed by atoms with E-state index in [2.05, 4.69) is 6.58 Å². The third-order valence-corrected chi connectivity index (χ3v) is 5.64. The first-order chi connectivity index (χ1) is 13.9. The SMILES string of the molecule is C=CC(=O)N1CCN(C(=O)CCc2cc(-c3ccccc3C)c(Cl)cc2O)CC1. The highest BCUT2D eigenvalue weighted by molar-refractivity contribution is 6.33. The van der Waals surface area contributed by atoms with Gasteiger partial charge in [-0.05, 0) is 48.2 Å². The van der Waals surface area contributed by atoms with Gasteiger partial charge in [0.15, 0.2) is 0 Å². The van der Waals surface area contributed by atoms with Crippen molar-refractivity contribution in [2.75, 3.05) is 26.2 Å². The Morgan fingerprint density at radius 1 is 1.10 bits per heavy atom. The van der Waals surface area contributed by atoms with E-state index < -0.39 is 0 Å². The summed E-state index contributed by atoms with van der Waals surface area (Å²) in [6.07, 6.45) is 2.01. The van der Waals surface area contributed by atoms with Crippen LogP contribution in [-0.4, -0.2) is 52.9 Å². The van der Waals surface area contributed by atoms with Gasteiger partial charge in [0.1, 0.15) is 5.75 Å². The number of piperazine rings is 1. The van der Waals surface area contributed by atoms with Gasteiger partial charge in [-0.3, -0.25) is 9.59 Å². The highest BCUT2D eigenvalue weighted by atomic mass is 35.5. The minimum Gasteiger partial charge on any atom is -0.508 e. The van der Waals surface area contributed by atoms with Gasteiger partial charge in [0.05, 0.1) is 5.02 Å². The zero-order valence-corrected chi connectivity index (χ0v) is 17.3. The predicted octanol–water partition coefficient (Wildman–Crippen LogP) is 3.81. The lowest BCUT2D eigenvalue weighted by Gasteiger charge is -2.34. The Morgan fingerprint density at radius 2 is 1.76 bits per heavy atom. The van der Waals surface area contributed by atoms with Crippen molar-refractivity contribution in [1.82, 2.24) is 9.80 Å². The van der Waals surface area contributed by atoms with Crippen LogP contribution in [0.15, 0.2) is 49.1 Å². The highest BCUT2D eigenvalue weighted by Crippen LogP contribution is 2.35. The fraction of sp³-hybridized carbons (Fsp3) is 0.304. The number of halogens is 1. The first-order valence-electron chi connectivity index (χ1n) is 9.67. The van der Waals surface area contributed by atoms with E-state index in [4.69, 9.17) is 11.6 Å². The molecule has 0 spiro atoms. The molecule has 0 radical (unpaired) electrons. The molecular weight excluding hydrogens is 388 g/mol. The molecule has 0 atom stereocenters. The molecule has 0 bridgehead atoms. The van der Waals surface area contributed by atoms with E-state index in [-0.39, 0.29) is 24.0 Å². The largest absolute Gasteiger partial charge is 0.508 e. The van der Waals surface area contributed by atoms with Gasteiger partial charge in [-0.15, -0.1) is 0 Å². The summed E-state index contributed by atoms with van der Waals surface area (Å²) in [6, 6.07) is 11.3. The van der Waals surface area contributed by atoms with Crippen molar-refractivity contribution in [3.63, 3.8) is 0 Å². The molecule has 0 aromatic heterocycles. The molecule has 0 aliphatic carbocycles. The van der Waals surface area contributed by atoms with Crippen LogP contribution in [0.1, 0.15) is 17.5 Å². The summed E-state index contributed by atoms with van der Waals surface area (Å²) < 4.78 is 0. The summed E-state index contributed by atoms with van der Waals surface area (Å²) in [5.41, 5.74) is 3.64. The lowest BCUT2D eigenvalue weighted by molar-refractivity contribution is -0.137. The molecule has 1 heterocycles. The second kappa shape index (κ2) is 9.14. The first-order valence-corrected chi connectivity index (χ1v) is 10.0. The second-order valence-electron chi connectivity index (χ2n) is 7.19. The maximum atomic E-state index is 12.6. The molecule has 1 aliphatic rings. The minimum atomic E-state index is -0.105. The average molecular weight is 413 g/mol. The molecule has 152 valence electrons. The summed E-state index contributed by atoms with van der Waals surface area (Å²) in [5, 5.41) is 10.8. The fourth-order valence-corrected chi connectivity index (χ4v) is 3.85. The third kappa shape index (κ3) is 4.80. The van der Waals surface area contributed by atoms with E-state index in [1.54, 1.807) is 15.9 Å². The molecule has 6 heteroatoms. The van der Waals surface area contributed by atoms with Crippen LogP contribution in [0, 0.1) is 6.92 Å². The average Bonchev–Trinajstić information content (AvgIpc) is 2.73. The van der Waals surface area contributed by atoms with Crippen LogP contribution in [-0.2, 0) is 16.0 Å². The van der Waals surface area contributed by atoms with Crippen molar-refractivity contribution >= 4 is 23.4 Å². The van der Waals surface area contributed by atoms with E-state index in [0.29, 0.717) is 43.2 Å². The first kappa shape index (κ1) is 20.9. The molecule has 1 fully saturated rings. The number of phenolic OH excluding ortho intramolecular Hbond substituents is 1. The number of nitrogens with zero attached hydrogens (tertiary/aromatic N) is 2. The number of amides is 2. The van der Waals surface area contributed by atoms with Crippen molar-refractivity contribution in [1.29, 1.82) is 0 Å². The third-order valence-electron chi connectivity index (χ3n) is 5.33. The summed E-state index contributed by atoms with van der Waals surface area (Å²) >= 11 is 6.37. The Labute approximate surface area is 176 Å². The molecule has 1 N–H and O–H groups in total. The summed E-state index contributed by atoms with van der Waals surface area (Å²) in [5.74, 6) is 0.0101. The number of aryl methyl sites for hydroxylation is 2. The molecule has 0 saturated carbocycles. The molecular formula is C23H25ClN2O3. The van der Waals surface area contributed by atoms with Gasteiger partial charge in [0.2, 0.25) is 11.8 Å². The number of carbonyl (C=O) groups is 2. The molecule has 1 saturated heterocycles. The van der Waals surface area contributed by atoms with Crippen LogP contribution >= 0.6 is 11.6 Å². The minimum absolute atomic E-state index is 0.0162. The van der Waals surface area contributed by atoms with E-state index >= 15 is 0 Å². The molecule has 2 aromatic carbocycles. The van der Waals surface area contributed by atoms with E-state index in [1.807, 2.05) is 37.3 Å². The highest BCUT2D eigenvalue weighted by Gasteiger charge is 2.23. The number of hydrogen-bond acceptors (Lipinski definition) is 3. The Balaban J connectivity index is 1.67. The number of benzene rings is 2. The van der Waals surface area contributed by atoms with Crippen LogP contribution in [0.2, 0.25) is 5.02 Å². The van der Waals surface area contributed by atoms with Crippen molar-refractivity contribution in [3.8, 4) is 16.9 Å². The number of phenols is 1. The van der Waals surface area contributed by atoms with Gasteiger partial charge in [0.25, 0.3) is 0 Å². The van der Waals surface area contributed by atoms with Crippen LogP contribution in [0.3, 0.4) is 0 Å². The smallest absolute Gasteiger partial charge is 0.246 e. The molecule has 0 unspecified atom stereocenters. The number of aromatic hydroxyl groups is 1. The second-order valence-corrected chi connectivity index (χ2v) is 7.59. The zero-order chi connectivity index (χ0) is 21.0. The zero-order valence-electron chi connectivity index (χ0n) is 16.5. The molecule has 29 heavy (non-hydrogen) atoms. The van der Waals surface area contributed by atoms with Crippen LogP contribution in [0.4, 0.5) is 0 Å². The van der Waals surface area contributed by atoms with Gasteiger partial charge in [-0.2, -0.15) is 0 Å². The van der Waals surface area contributed by atoms with E-state index in [9.17, 15) is 14.7 Å². The Bertz CT molecular complexity index is 934. The number of rotatable bonds is 5. The molecule has 5 nitrogen and oxygen atoms in total. The molecule has 2 amide bonds. The van der Waals surface area contributed by atoms with Crippen molar-refractivity contribution in [2.45, 2.75) is 19.8 Å². The Morgan fingerprint density at radius 3 is 2.41 bits per heavy atom. The van der Waals surface area contributed by atoms with Crippen molar-refractivity contribution < 1.29 is 14.7 Å².